The lowest BCUT2D eigenvalue weighted by atomic mass is 10.1. The van der Waals surface area contributed by atoms with Gasteiger partial charge in [0, 0.05) is 17.5 Å². The number of rotatable bonds is 2. The minimum atomic E-state index is -3.32. The molecular weight excluding hydrogens is 290 g/mol. The van der Waals surface area contributed by atoms with Gasteiger partial charge in [-0.15, -0.1) is 0 Å². The zero-order valence-corrected chi connectivity index (χ0v) is 12.3. The number of fused-ring (bicyclic) bond motifs is 1. The highest BCUT2D eigenvalue weighted by atomic mass is 32.2. The summed E-state index contributed by atoms with van der Waals surface area (Å²) in [6.45, 7) is 1.81. The van der Waals surface area contributed by atoms with Crippen molar-refractivity contribution in [2.75, 3.05) is 11.6 Å². The average molecular weight is 303 g/mol. The minimum absolute atomic E-state index is 0.185. The number of sulfone groups is 1. The van der Waals surface area contributed by atoms with E-state index < -0.39 is 9.84 Å². The van der Waals surface area contributed by atoms with Crippen molar-refractivity contribution in [3.05, 3.63) is 41.5 Å². The van der Waals surface area contributed by atoms with E-state index in [0.717, 1.165) is 12.1 Å². The van der Waals surface area contributed by atoms with Gasteiger partial charge < -0.3 is 10.3 Å². The molecule has 2 N–H and O–H groups in total. The molecule has 0 radical (unpaired) electrons. The maximum Gasteiger partial charge on any atom is 0.256 e. The highest BCUT2D eigenvalue weighted by Crippen LogP contribution is 2.34. The number of nitrogens with zero attached hydrogens (tertiary/aromatic N) is 1. The molecule has 0 bridgehead atoms. The molecule has 21 heavy (non-hydrogen) atoms. The molecule has 1 aliphatic heterocycles. The molecule has 1 aromatic carbocycles. The number of amides is 1. The van der Waals surface area contributed by atoms with Crippen LogP contribution in [-0.2, 0) is 14.6 Å². The lowest BCUT2D eigenvalue weighted by Crippen LogP contribution is -2.03. The van der Waals surface area contributed by atoms with Gasteiger partial charge >= 0.3 is 0 Å². The zero-order valence-electron chi connectivity index (χ0n) is 11.5. The summed E-state index contributed by atoms with van der Waals surface area (Å²) in [6.07, 6.45) is 4.42. The molecule has 0 unspecified atom stereocenters. The van der Waals surface area contributed by atoms with Crippen LogP contribution in [0.25, 0.3) is 11.6 Å². The molecule has 3 rings (SSSR count). The topological polar surface area (TPSA) is 91.9 Å². The van der Waals surface area contributed by atoms with Gasteiger partial charge in [0.05, 0.1) is 22.4 Å². The number of hydrogen-bond donors (Lipinski definition) is 2. The number of aryl methyl sites for hydroxylation is 1. The van der Waals surface area contributed by atoms with Crippen LogP contribution in [0.15, 0.2) is 29.3 Å². The Morgan fingerprint density at radius 2 is 2.05 bits per heavy atom. The molecule has 1 amide bonds. The van der Waals surface area contributed by atoms with Gasteiger partial charge in [0.15, 0.2) is 9.84 Å². The normalized spacial score (nSPS) is 16.1. The highest BCUT2D eigenvalue weighted by molar-refractivity contribution is 7.90. The fraction of sp³-hybridized carbons (Fsp3) is 0.143. The Morgan fingerprint density at radius 1 is 1.29 bits per heavy atom. The van der Waals surface area contributed by atoms with E-state index in [9.17, 15) is 13.2 Å². The fourth-order valence-electron chi connectivity index (χ4n) is 2.21. The van der Waals surface area contributed by atoms with E-state index >= 15 is 0 Å². The van der Waals surface area contributed by atoms with Crippen molar-refractivity contribution in [3.8, 4) is 0 Å². The molecule has 7 heteroatoms. The number of benzene rings is 1. The molecule has 1 aliphatic rings. The molecule has 0 fully saturated rings. The Hall–Kier alpha value is -2.41. The van der Waals surface area contributed by atoms with Crippen molar-refractivity contribution < 1.29 is 13.2 Å². The number of aromatic nitrogens is 2. The van der Waals surface area contributed by atoms with E-state index in [1.807, 2.05) is 6.92 Å². The second-order valence-electron chi connectivity index (χ2n) is 4.92. The lowest BCUT2D eigenvalue weighted by Gasteiger charge is -2.02. The maximum absolute atomic E-state index is 12.0. The van der Waals surface area contributed by atoms with Gasteiger partial charge in [-0.2, -0.15) is 0 Å². The van der Waals surface area contributed by atoms with Gasteiger partial charge in [-0.1, -0.05) is 0 Å². The molecule has 2 aromatic rings. The largest absolute Gasteiger partial charge is 0.343 e. The van der Waals surface area contributed by atoms with E-state index in [4.69, 9.17) is 0 Å². The van der Waals surface area contributed by atoms with Gasteiger partial charge in [0.1, 0.15) is 5.82 Å². The Bertz CT molecular complexity index is 879. The van der Waals surface area contributed by atoms with Crippen molar-refractivity contribution in [1.82, 2.24) is 9.97 Å². The van der Waals surface area contributed by atoms with Crippen molar-refractivity contribution in [3.63, 3.8) is 0 Å². The number of hydrogen-bond acceptors (Lipinski definition) is 4. The first-order chi connectivity index (χ1) is 9.84. The summed E-state index contributed by atoms with van der Waals surface area (Å²) in [4.78, 5) is 19.3. The van der Waals surface area contributed by atoms with Crippen LogP contribution in [0.2, 0.25) is 0 Å². The van der Waals surface area contributed by atoms with Gasteiger partial charge in [0.2, 0.25) is 0 Å². The average Bonchev–Trinajstić information content (AvgIpc) is 2.93. The summed E-state index contributed by atoms with van der Waals surface area (Å²) in [5, 5.41) is 2.72. The van der Waals surface area contributed by atoms with Crippen LogP contribution in [0.4, 0.5) is 5.69 Å². The molecule has 6 nitrogen and oxygen atoms in total. The summed E-state index contributed by atoms with van der Waals surface area (Å²) in [7, 11) is -3.32. The predicted octanol–water partition coefficient (Wildman–Crippen LogP) is 1.61. The molecule has 108 valence electrons. The fourth-order valence-corrected chi connectivity index (χ4v) is 2.86. The zero-order chi connectivity index (χ0) is 15.2. The van der Waals surface area contributed by atoms with Crippen molar-refractivity contribution in [1.29, 1.82) is 0 Å². The number of anilines is 1. The molecular formula is C14H13N3O3S. The Morgan fingerprint density at radius 3 is 2.67 bits per heavy atom. The number of carbonyl (C=O) groups is 1. The second-order valence-corrected chi connectivity index (χ2v) is 6.93. The van der Waals surface area contributed by atoms with Crippen LogP contribution < -0.4 is 5.32 Å². The SMILES string of the molecule is Cc1ncc(C=C2C(=O)Nc3ccc(S(C)(=O)=O)cc32)[nH]1. The minimum Gasteiger partial charge on any atom is -0.343 e. The van der Waals surface area contributed by atoms with Crippen molar-refractivity contribution in [2.45, 2.75) is 11.8 Å². The predicted molar refractivity (Wildman–Crippen MR) is 79.4 cm³/mol. The third-order valence-electron chi connectivity index (χ3n) is 3.22. The molecule has 0 spiro atoms. The Kier molecular flexibility index (Phi) is 2.94. The van der Waals surface area contributed by atoms with E-state index in [2.05, 4.69) is 15.3 Å². The summed E-state index contributed by atoms with van der Waals surface area (Å²) in [5.41, 5.74) is 2.29. The highest BCUT2D eigenvalue weighted by Gasteiger charge is 2.25. The first kappa shape index (κ1) is 13.6. The number of H-pyrrole nitrogens is 1. The maximum atomic E-state index is 12.0. The van der Waals surface area contributed by atoms with E-state index in [0.29, 0.717) is 22.5 Å². The van der Waals surface area contributed by atoms with Gasteiger partial charge in [-0.25, -0.2) is 13.4 Å². The quantitative estimate of drug-likeness (QED) is 0.825. The van der Waals surface area contributed by atoms with Crippen LogP contribution in [0.1, 0.15) is 17.1 Å². The van der Waals surface area contributed by atoms with Gasteiger partial charge in [-0.05, 0) is 31.2 Å². The molecule has 0 saturated heterocycles. The monoisotopic (exact) mass is 303 g/mol. The summed E-state index contributed by atoms with van der Waals surface area (Å²) < 4.78 is 23.3. The van der Waals surface area contributed by atoms with Crippen LogP contribution in [0, 0.1) is 6.92 Å². The Balaban J connectivity index is 2.14. The summed E-state index contributed by atoms with van der Waals surface area (Å²) >= 11 is 0. The van der Waals surface area contributed by atoms with Gasteiger partial charge in [0.25, 0.3) is 5.91 Å². The molecule has 1 aromatic heterocycles. The molecule has 0 aliphatic carbocycles. The van der Waals surface area contributed by atoms with E-state index in [1.54, 1.807) is 18.3 Å². The van der Waals surface area contributed by atoms with E-state index in [1.165, 1.54) is 12.1 Å². The smallest absolute Gasteiger partial charge is 0.256 e. The first-order valence-corrected chi connectivity index (χ1v) is 8.13. The van der Waals surface area contributed by atoms with Crippen LogP contribution in [0.3, 0.4) is 0 Å². The van der Waals surface area contributed by atoms with E-state index in [-0.39, 0.29) is 10.8 Å². The number of aromatic amines is 1. The van der Waals surface area contributed by atoms with Crippen molar-refractivity contribution in [2.24, 2.45) is 0 Å². The van der Waals surface area contributed by atoms with Crippen molar-refractivity contribution >= 4 is 33.1 Å². The number of carbonyl (C=O) groups excluding carboxylic acids is 1. The second kappa shape index (κ2) is 4.56. The third kappa shape index (κ3) is 2.47. The lowest BCUT2D eigenvalue weighted by molar-refractivity contribution is -0.110. The third-order valence-corrected chi connectivity index (χ3v) is 4.33. The van der Waals surface area contributed by atoms with Crippen LogP contribution in [-0.4, -0.2) is 30.5 Å². The molecule has 2 heterocycles. The Labute approximate surface area is 121 Å². The molecule has 0 saturated carbocycles. The molecule has 0 atom stereocenters. The number of nitrogens with one attached hydrogen (secondary N) is 2. The first-order valence-electron chi connectivity index (χ1n) is 6.24. The van der Waals surface area contributed by atoms with Crippen LogP contribution in [0.5, 0.6) is 0 Å². The van der Waals surface area contributed by atoms with Crippen LogP contribution >= 0.6 is 0 Å². The standard InChI is InChI=1S/C14H13N3O3S/c1-8-15-7-9(16-8)5-12-11-6-10(21(2,19)20)3-4-13(11)17-14(12)18/h3-7H,1-2H3,(H,15,16)(H,17,18). The summed E-state index contributed by atoms with van der Waals surface area (Å²) in [5.74, 6) is 0.480. The van der Waals surface area contributed by atoms with Gasteiger partial charge in [-0.3, -0.25) is 4.79 Å². The summed E-state index contributed by atoms with van der Waals surface area (Å²) in [6, 6.07) is 4.60. The number of imidazole rings is 1.